The maximum Gasteiger partial charge on any atom is 0 e. The first-order chi connectivity index (χ1) is 13.7. The van der Waals surface area contributed by atoms with E-state index in [2.05, 4.69) is 20.0 Å². The molecule has 0 radical (unpaired) electrons. The zero-order valence-corrected chi connectivity index (χ0v) is 17.4. The minimum Gasteiger partial charge on any atom is 0 e. The van der Waals surface area contributed by atoms with E-state index in [1.807, 2.05) is 37.3 Å². The predicted octanol–water partition coefficient (Wildman–Crippen LogP) is 2.94. The number of hydrogen-bond acceptors (Lipinski definition) is 4. The Morgan fingerprint density at radius 1 is 1.14 bits per heavy atom. The van der Waals surface area contributed by atoms with Crippen molar-refractivity contribution in [1.82, 2.24) is 0 Å². The number of hydrogen-bond donors (Lipinski definition) is 1. The van der Waals surface area contributed by atoms with Crippen LogP contribution in [0.2, 0.25) is 0 Å². The van der Waals surface area contributed by atoms with Crippen LogP contribution in [0.5, 0.6) is 5.75 Å². The summed E-state index contributed by atoms with van der Waals surface area (Å²) in [5.41, 5.74) is 0.963. The number of aliphatic hydroxyl groups is 1. The van der Waals surface area contributed by atoms with Crippen LogP contribution in [-0.2, 0) is 47.2 Å². The number of para-hydroxylation sites is 1. The monoisotopic (exact) mass is 444 g/mol. The fourth-order valence-electron chi connectivity index (χ4n) is 1.90. The molecule has 29 heavy (non-hydrogen) atoms. The molecule has 158 valence electrons. The quantitative estimate of drug-likeness (QED) is 0.149. The largest absolute Gasteiger partial charge is 0 e. The SMILES string of the molecule is C/C=C/C=C/C(=O)C[C@@H](O)CCOCc1ccccc1OC.[C-]#[O+].[C-]#[O+].[C-]#[O+].[Fe]. The minimum atomic E-state index is -0.680. The van der Waals surface area contributed by atoms with Crippen LogP contribution < -0.4 is 4.74 Å². The van der Waals surface area contributed by atoms with Crippen molar-refractivity contribution >= 4 is 5.78 Å². The zero-order valence-electron chi connectivity index (χ0n) is 16.3. The Morgan fingerprint density at radius 2 is 1.72 bits per heavy atom. The second-order valence-electron chi connectivity index (χ2n) is 4.86. The van der Waals surface area contributed by atoms with Gasteiger partial charge in [-0.2, -0.15) is 0 Å². The van der Waals surface area contributed by atoms with E-state index in [1.54, 1.807) is 19.3 Å². The summed E-state index contributed by atoms with van der Waals surface area (Å²) in [6.45, 7) is 16.2. The van der Waals surface area contributed by atoms with Gasteiger partial charge in [0.1, 0.15) is 5.75 Å². The third kappa shape index (κ3) is 20.4. The van der Waals surface area contributed by atoms with Crippen LogP contribution in [-0.4, -0.2) is 30.7 Å². The Balaban J connectivity index is -0.000000407. The van der Waals surface area contributed by atoms with E-state index in [-0.39, 0.29) is 29.3 Å². The molecule has 0 saturated heterocycles. The van der Waals surface area contributed by atoms with Gasteiger partial charge >= 0.3 is 33.9 Å². The number of benzene rings is 1. The van der Waals surface area contributed by atoms with Gasteiger partial charge in [-0.25, -0.2) is 0 Å². The molecule has 0 aliphatic carbocycles. The van der Waals surface area contributed by atoms with Crippen LogP contribution in [0.3, 0.4) is 0 Å². The summed E-state index contributed by atoms with van der Waals surface area (Å²) in [5, 5.41) is 9.80. The van der Waals surface area contributed by atoms with Gasteiger partial charge in [0, 0.05) is 35.7 Å². The van der Waals surface area contributed by atoms with Crippen molar-refractivity contribution in [2.75, 3.05) is 13.7 Å². The van der Waals surface area contributed by atoms with Crippen molar-refractivity contribution in [3.8, 4) is 5.75 Å². The first-order valence-corrected chi connectivity index (χ1v) is 7.98. The third-order valence-corrected chi connectivity index (χ3v) is 3.07. The molecule has 0 aliphatic heterocycles. The topological polar surface area (TPSA) is 115 Å². The van der Waals surface area contributed by atoms with Crippen molar-refractivity contribution in [2.45, 2.75) is 32.5 Å². The number of carbonyl (C=O) groups excluding carboxylic acids is 1. The van der Waals surface area contributed by atoms with E-state index < -0.39 is 6.10 Å². The minimum absolute atomic E-state index is 0. The molecule has 0 saturated carbocycles. The van der Waals surface area contributed by atoms with Crippen molar-refractivity contribution < 1.29 is 50.4 Å². The second kappa shape index (κ2) is 28.0. The molecular weight excluding hydrogens is 420 g/mol. The Bertz CT molecular complexity index is 619. The van der Waals surface area contributed by atoms with Gasteiger partial charge in [0.25, 0.3) is 0 Å². The third-order valence-electron chi connectivity index (χ3n) is 3.07. The molecule has 0 bridgehead atoms. The molecule has 0 aliphatic rings. The Morgan fingerprint density at radius 3 is 2.28 bits per heavy atom. The van der Waals surface area contributed by atoms with E-state index in [9.17, 15) is 9.90 Å². The standard InChI is InChI=1S/C18H24O4.3CO.Fe/c1-3-4-5-9-16(19)13-17(20)11-12-22-14-15-8-6-7-10-18(15)21-2;3*1-2;/h3-10,17,20H,11-14H2,1-2H3;;;;/b4-3+,9-5+;;;;/t17-;;;;/m0..../s1. The fraction of sp³-hybridized carbons (Fsp3) is 0.333. The van der Waals surface area contributed by atoms with Gasteiger partial charge in [-0.05, 0) is 25.5 Å². The van der Waals surface area contributed by atoms with Crippen LogP contribution in [0.1, 0.15) is 25.3 Å². The van der Waals surface area contributed by atoms with E-state index in [0.29, 0.717) is 19.6 Å². The molecule has 0 aromatic heterocycles. The summed E-state index contributed by atoms with van der Waals surface area (Å²) in [5.74, 6) is 0.697. The van der Waals surface area contributed by atoms with E-state index in [0.717, 1.165) is 11.3 Å². The first-order valence-electron chi connectivity index (χ1n) is 7.98. The second-order valence-corrected chi connectivity index (χ2v) is 4.86. The van der Waals surface area contributed by atoms with Gasteiger partial charge in [-0.3, -0.25) is 4.79 Å². The van der Waals surface area contributed by atoms with Crippen molar-refractivity contribution in [3.63, 3.8) is 0 Å². The number of carbonyl (C=O) groups is 1. The summed E-state index contributed by atoms with van der Waals surface area (Å²) >= 11 is 0. The Kier molecular flexibility index (Phi) is 33.2. The van der Waals surface area contributed by atoms with Crippen LogP contribution in [0, 0.1) is 20.0 Å². The molecule has 1 aromatic carbocycles. The number of allylic oxidation sites excluding steroid dienone is 4. The Hall–Kier alpha value is -2.17. The van der Waals surface area contributed by atoms with Crippen LogP contribution in [0.15, 0.2) is 48.6 Å². The van der Waals surface area contributed by atoms with Gasteiger partial charge in [-0.1, -0.05) is 36.4 Å². The Labute approximate surface area is 182 Å². The van der Waals surface area contributed by atoms with E-state index >= 15 is 0 Å². The number of ether oxygens (including phenoxy) is 2. The van der Waals surface area contributed by atoms with E-state index in [4.69, 9.17) is 23.4 Å². The van der Waals surface area contributed by atoms with Crippen LogP contribution in [0.4, 0.5) is 0 Å². The molecule has 0 fully saturated rings. The number of methoxy groups -OCH3 is 1. The van der Waals surface area contributed by atoms with Crippen LogP contribution >= 0.6 is 0 Å². The number of aliphatic hydroxyl groups excluding tert-OH is 1. The number of rotatable bonds is 10. The average molecular weight is 444 g/mol. The summed E-state index contributed by atoms with van der Waals surface area (Å²) in [6.07, 6.45) is 6.63. The maximum absolute atomic E-state index is 11.5. The normalized spacial score (nSPS) is 9.97. The molecule has 1 aromatic rings. The van der Waals surface area contributed by atoms with Gasteiger partial charge in [0.05, 0.1) is 19.8 Å². The predicted molar refractivity (Wildman–Crippen MR) is 98.6 cm³/mol. The van der Waals surface area contributed by atoms with Crippen molar-refractivity contribution in [2.24, 2.45) is 0 Å². The van der Waals surface area contributed by atoms with Gasteiger partial charge in [-0.15, -0.1) is 0 Å². The molecule has 0 heterocycles. The molecule has 7 nitrogen and oxygen atoms in total. The fourth-order valence-corrected chi connectivity index (χ4v) is 1.90. The summed E-state index contributed by atoms with van der Waals surface area (Å²) < 4.78 is 33.3. The number of ketones is 1. The molecule has 8 heteroatoms. The van der Waals surface area contributed by atoms with Gasteiger partial charge in [0.15, 0.2) is 5.78 Å². The zero-order chi connectivity index (χ0) is 22.2. The summed E-state index contributed by atoms with van der Waals surface area (Å²) in [7, 11) is 1.62. The molecule has 0 unspecified atom stereocenters. The molecule has 1 atom stereocenters. The van der Waals surface area contributed by atoms with Crippen molar-refractivity contribution in [1.29, 1.82) is 0 Å². The first kappa shape index (κ1) is 34.3. The van der Waals surface area contributed by atoms with Crippen LogP contribution in [0.25, 0.3) is 0 Å². The van der Waals surface area contributed by atoms with E-state index in [1.165, 1.54) is 6.08 Å². The molecule has 0 spiro atoms. The molecule has 1 rings (SSSR count). The van der Waals surface area contributed by atoms with Crippen molar-refractivity contribution in [3.05, 3.63) is 74.1 Å². The van der Waals surface area contributed by atoms with Gasteiger partial charge in [0.2, 0.25) is 0 Å². The summed E-state index contributed by atoms with van der Waals surface area (Å²) in [4.78, 5) is 11.5. The molecule has 0 amide bonds. The molecule has 1 N–H and O–H groups in total. The average Bonchev–Trinajstić information content (AvgIpc) is 2.76. The summed E-state index contributed by atoms with van der Waals surface area (Å²) in [6, 6.07) is 7.64. The smallest absolute Gasteiger partial charge is 0 e. The molecular formula is C21H24FeO7. The van der Waals surface area contributed by atoms with Gasteiger partial charge < -0.3 is 14.6 Å². The maximum atomic E-state index is 11.5.